The minimum Gasteiger partial charge on any atom is -0.283 e. The van der Waals surface area contributed by atoms with Gasteiger partial charge in [-0.1, -0.05) is 11.6 Å². The van der Waals surface area contributed by atoms with Gasteiger partial charge in [-0.25, -0.2) is 0 Å². The van der Waals surface area contributed by atoms with Crippen LogP contribution in [0.5, 0.6) is 0 Å². The summed E-state index contributed by atoms with van der Waals surface area (Å²) in [5.74, 6) is 0. The van der Waals surface area contributed by atoms with Crippen LogP contribution < -0.4 is 0 Å². The number of rotatable bonds is 2. The Labute approximate surface area is 99.1 Å². The standard InChI is InChI=1S/C11H13ClN2S/c12-11-5-4-10(15-11)8-14-6-2-1-3-9(14)7-13/h4-5,9H,1-3,6,8H2. The minimum atomic E-state index is 0.0969. The van der Waals surface area contributed by atoms with E-state index in [2.05, 4.69) is 17.0 Å². The fourth-order valence-corrected chi connectivity index (χ4v) is 3.08. The van der Waals surface area contributed by atoms with E-state index in [0.717, 1.165) is 23.8 Å². The number of nitrogens with zero attached hydrogens (tertiary/aromatic N) is 2. The van der Waals surface area contributed by atoms with Crippen molar-refractivity contribution in [3.63, 3.8) is 0 Å². The van der Waals surface area contributed by atoms with Crippen LogP contribution >= 0.6 is 22.9 Å². The quantitative estimate of drug-likeness (QED) is 0.793. The Balaban J connectivity index is 2.01. The first-order chi connectivity index (χ1) is 7.29. The summed E-state index contributed by atoms with van der Waals surface area (Å²) in [6.07, 6.45) is 3.40. The van der Waals surface area contributed by atoms with E-state index < -0.39 is 0 Å². The molecule has 0 aromatic carbocycles. The highest BCUT2D eigenvalue weighted by Gasteiger charge is 2.22. The van der Waals surface area contributed by atoms with Gasteiger partial charge in [0.15, 0.2) is 0 Å². The van der Waals surface area contributed by atoms with Crippen LogP contribution in [0.15, 0.2) is 12.1 Å². The van der Waals surface area contributed by atoms with Gasteiger partial charge in [0.2, 0.25) is 0 Å². The van der Waals surface area contributed by atoms with Crippen LogP contribution in [0.1, 0.15) is 24.1 Å². The summed E-state index contributed by atoms with van der Waals surface area (Å²) in [6.45, 7) is 1.91. The van der Waals surface area contributed by atoms with Crippen molar-refractivity contribution < 1.29 is 0 Å². The summed E-state index contributed by atoms with van der Waals surface area (Å²) in [4.78, 5) is 3.51. The molecule has 1 aromatic heterocycles. The third-order valence-electron chi connectivity index (χ3n) is 2.75. The van der Waals surface area contributed by atoms with E-state index in [9.17, 15) is 0 Å². The van der Waals surface area contributed by atoms with E-state index in [0.29, 0.717) is 0 Å². The Bertz CT molecular complexity index is 369. The summed E-state index contributed by atoms with van der Waals surface area (Å²) < 4.78 is 0.829. The molecule has 1 aliphatic rings. The molecule has 1 atom stereocenters. The number of likely N-dealkylation sites (tertiary alicyclic amines) is 1. The van der Waals surface area contributed by atoms with Gasteiger partial charge in [-0.3, -0.25) is 4.90 Å². The first kappa shape index (κ1) is 10.9. The first-order valence-electron chi connectivity index (χ1n) is 5.17. The van der Waals surface area contributed by atoms with Crippen molar-refractivity contribution in [3.05, 3.63) is 21.3 Å². The smallest absolute Gasteiger partial charge is 0.0981 e. The van der Waals surface area contributed by atoms with E-state index in [4.69, 9.17) is 16.9 Å². The van der Waals surface area contributed by atoms with E-state index >= 15 is 0 Å². The zero-order valence-electron chi connectivity index (χ0n) is 8.45. The maximum atomic E-state index is 9.03. The maximum Gasteiger partial charge on any atom is 0.0981 e. The molecule has 2 nitrogen and oxygen atoms in total. The highest BCUT2D eigenvalue weighted by molar-refractivity contribution is 7.16. The molecule has 1 unspecified atom stereocenters. The molecule has 1 aromatic rings. The highest BCUT2D eigenvalue weighted by Crippen LogP contribution is 2.25. The molecule has 0 N–H and O–H groups in total. The molecular weight excluding hydrogens is 228 g/mol. The van der Waals surface area contributed by atoms with Gasteiger partial charge in [-0.15, -0.1) is 11.3 Å². The molecular formula is C11H13ClN2S. The van der Waals surface area contributed by atoms with Crippen molar-refractivity contribution in [2.24, 2.45) is 0 Å². The molecule has 0 amide bonds. The van der Waals surface area contributed by atoms with Gasteiger partial charge in [-0.05, 0) is 37.9 Å². The fourth-order valence-electron chi connectivity index (χ4n) is 1.96. The van der Waals surface area contributed by atoms with Gasteiger partial charge in [0.1, 0.15) is 0 Å². The number of hydrogen-bond donors (Lipinski definition) is 0. The topological polar surface area (TPSA) is 27.0 Å². The Morgan fingerprint density at radius 1 is 1.53 bits per heavy atom. The molecule has 2 heterocycles. The number of thiophene rings is 1. The van der Waals surface area contributed by atoms with Crippen LogP contribution in [-0.2, 0) is 6.54 Å². The molecule has 0 saturated carbocycles. The summed E-state index contributed by atoms with van der Waals surface area (Å²) in [6, 6.07) is 6.45. The van der Waals surface area contributed by atoms with Gasteiger partial charge >= 0.3 is 0 Å². The number of nitriles is 1. The monoisotopic (exact) mass is 240 g/mol. The van der Waals surface area contributed by atoms with Gasteiger partial charge in [0.05, 0.1) is 16.4 Å². The minimum absolute atomic E-state index is 0.0969. The molecule has 0 aliphatic carbocycles. The lowest BCUT2D eigenvalue weighted by atomic mass is 10.0. The average molecular weight is 241 g/mol. The molecule has 4 heteroatoms. The lowest BCUT2D eigenvalue weighted by Gasteiger charge is -2.30. The molecule has 1 aliphatic heterocycles. The predicted molar refractivity (Wildman–Crippen MR) is 63.0 cm³/mol. The highest BCUT2D eigenvalue weighted by atomic mass is 35.5. The molecule has 0 bridgehead atoms. The summed E-state index contributed by atoms with van der Waals surface area (Å²) in [5, 5.41) is 9.03. The third kappa shape index (κ3) is 2.72. The van der Waals surface area contributed by atoms with Gasteiger partial charge in [0, 0.05) is 11.4 Å². The first-order valence-corrected chi connectivity index (χ1v) is 6.37. The normalized spacial score (nSPS) is 22.5. The van der Waals surface area contributed by atoms with Crippen LogP contribution in [0.25, 0.3) is 0 Å². The number of hydrogen-bond acceptors (Lipinski definition) is 3. The van der Waals surface area contributed by atoms with Crippen molar-refractivity contribution in [2.75, 3.05) is 6.54 Å². The van der Waals surface area contributed by atoms with Crippen LogP contribution in [0.3, 0.4) is 0 Å². The Hall–Kier alpha value is -0.560. The SMILES string of the molecule is N#CC1CCCCN1Cc1ccc(Cl)s1. The number of halogens is 1. The van der Waals surface area contributed by atoms with Crippen molar-refractivity contribution in [2.45, 2.75) is 31.8 Å². The van der Waals surface area contributed by atoms with Gasteiger partial charge in [0.25, 0.3) is 0 Å². The summed E-state index contributed by atoms with van der Waals surface area (Å²) >= 11 is 7.49. The van der Waals surface area contributed by atoms with E-state index in [1.165, 1.54) is 17.7 Å². The lowest BCUT2D eigenvalue weighted by Crippen LogP contribution is -2.37. The van der Waals surface area contributed by atoms with Gasteiger partial charge < -0.3 is 0 Å². The molecule has 2 rings (SSSR count). The number of piperidine rings is 1. The molecule has 0 radical (unpaired) electrons. The fraction of sp³-hybridized carbons (Fsp3) is 0.545. The molecule has 1 fully saturated rings. The van der Waals surface area contributed by atoms with Gasteiger partial charge in [-0.2, -0.15) is 5.26 Å². The van der Waals surface area contributed by atoms with Crippen LogP contribution in [-0.4, -0.2) is 17.5 Å². The van der Waals surface area contributed by atoms with Crippen LogP contribution in [0, 0.1) is 11.3 Å². The van der Waals surface area contributed by atoms with E-state index in [-0.39, 0.29) is 6.04 Å². The summed E-state index contributed by atoms with van der Waals surface area (Å²) in [7, 11) is 0. The third-order valence-corrected chi connectivity index (χ3v) is 3.97. The van der Waals surface area contributed by atoms with Crippen molar-refractivity contribution in [1.29, 1.82) is 5.26 Å². The molecule has 15 heavy (non-hydrogen) atoms. The Morgan fingerprint density at radius 3 is 3.07 bits per heavy atom. The summed E-state index contributed by atoms with van der Waals surface area (Å²) in [5.41, 5.74) is 0. The zero-order valence-corrected chi connectivity index (χ0v) is 10.0. The maximum absolute atomic E-state index is 9.03. The van der Waals surface area contributed by atoms with Crippen LogP contribution in [0.4, 0.5) is 0 Å². The second-order valence-corrected chi connectivity index (χ2v) is 5.62. The second-order valence-electron chi connectivity index (χ2n) is 3.82. The van der Waals surface area contributed by atoms with E-state index in [1.807, 2.05) is 6.07 Å². The average Bonchev–Trinajstić information content (AvgIpc) is 2.65. The Kier molecular flexibility index (Phi) is 3.63. The Morgan fingerprint density at radius 2 is 2.40 bits per heavy atom. The largest absolute Gasteiger partial charge is 0.283 e. The molecule has 0 spiro atoms. The van der Waals surface area contributed by atoms with E-state index in [1.54, 1.807) is 11.3 Å². The zero-order chi connectivity index (χ0) is 10.7. The van der Waals surface area contributed by atoms with Crippen molar-refractivity contribution in [3.8, 4) is 6.07 Å². The lowest BCUT2D eigenvalue weighted by molar-refractivity contribution is 0.178. The van der Waals surface area contributed by atoms with Crippen molar-refractivity contribution in [1.82, 2.24) is 4.90 Å². The van der Waals surface area contributed by atoms with Crippen molar-refractivity contribution >= 4 is 22.9 Å². The molecule has 80 valence electrons. The van der Waals surface area contributed by atoms with Crippen LogP contribution in [0.2, 0.25) is 4.34 Å². The second kappa shape index (κ2) is 4.98. The molecule has 1 saturated heterocycles. The predicted octanol–water partition coefficient (Wildman–Crippen LogP) is 3.28.